The number of likely N-dealkylation sites (N-methyl/N-ethyl adjacent to an activating group) is 1. The van der Waals surface area contributed by atoms with Crippen molar-refractivity contribution in [3.8, 4) is 0 Å². The van der Waals surface area contributed by atoms with E-state index >= 15 is 0 Å². The molecule has 0 fully saturated rings. The molecule has 1 atom stereocenters. The fourth-order valence-electron chi connectivity index (χ4n) is 2.09. The summed E-state index contributed by atoms with van der Waals surface area (Å²) in [6.45, 7) is 3.66. The van der Waals surface area contributed by atoms with Gasteiger partial charge in [-0.15, -0.1) is 0 Å². The second-order valence-electron chi connectivity index (χ2n) is 5.44. The molecule has 138 valence electrons. The first-order chi connectivity index (χ1) is 12.3. The molecule has 0 aliphatic rings. The summed E-state index contributed by atoms with van der Waals surface area (Å²) in [4.78, 5) is 23.7. The van der Waals surface area contributed by atoms with Crippen molar-refractivity contribution in [2.75, 3.05) is 11.3 Å². The lowest BCUT2D eigenvalue weighted by molar-refractivity contribution is -0.128. The molecular formula is C18H20N2O5S. The van der Waals surface area contributed by atoms with E-state index in [0.29, 0.717) is 12.2 Å². The lowest BCUT2D eigenvalue weighted by Gasteiger charge is -2.13. The van der Waals surface area contributed by atoms with Crippen LogP contribution in [0.1, 0.15) is 24.2 Å². The number of amides is 1. The Morgan fingerprint density at radius 1 is 1.04 bits per heavy atom. The molecule has 26 heavy (non-hydrogen) atoms. The van der Waals surface area contributed by atoms with E-state index in [2.05, 4.69) is 10.0 Å². The Morgan fingerprint density at radius 3 is 2.23 bits per heavy atom. The number of sulfonamides is 1. The third-order valence-corrected chi connectivity index (χ3v) is 4.83. The quantitative estimate of drug-likeness (QED) is 0.721. The fraction of sp³-hybridized carbons (Fsp3) is 0.222. The Kier molecular flexibility index (Phi) is 6.35. The lowest BCUT2D eigenvalue weighted by atomic mass is 10.2. The van der Waals surface area contributed by atoms with Crippen molar-refractivity contribution in [1.82, 2.24) is 5.32 Å². The van der Waals surface area contributed by atoms with Crippen LogP contribution in [0, 0.1) is 0 Å². The zero-order valence-corrected chi connectivity index (χ0v) is 15.2. The van der Waals surface area contributed by atoms with Crippen molar-refractivity contribution < 1.29 is 22.7 Å². The molecular weight excluding hydrogens is 356 g/mol. The summed E-state index contributed by atoms with van der Waals surface area (Å²) in [5.41, 5.74) is 0.589. The van der Waals surface area contributed by atoms with E-state index in [4.69, 9.17) is 4.74 Å². The molecule has 7 nitrogen and oxygen atoms in total. The van der Waals surface area contributed by atoms with Gasteiger partial charge in [-0.2, -0.15) is 0 Å². The van der Waals surface area contributed by atoms with Gasteiger partial charge in [-0.25, -0.2) is 13.2 Å². The zero-order chi connectivity index (χ0) is 19.2. The third-order valence-electron chi connectivity index (χ3n) is 3.43. The number of hydrogen-bond donors (Lipinski definition) is 2. The molecule has 0 saturated heterocycles. The van der Waals surface area contributed by atoms with Crippen molar-refractivity contribution in [2.24, 2.45) is 0 Å². The van der Waals surface area contributed by atoms with Gasteiger partial charge in [0.25, 0.3) is 15.9 Å². The van der Waals surface area contributed by atoms with E-state index < -0.39 is 28.0 Å². The highest BCUT2D eigenvalue weighted by Gasteiger charge is 2.19. The molecule has 2 N–H and O–H groups in total. The maximum absolute atomic E-state index is 12.3. The number of nitrogens with one attached hydrogen (secondary N) is 2. The minimum Gasteiger partial charge on any atom is -0.449 e. The van der Waals surface area contributed by atoms with Crippen molar-refractivity contribution in [3.05, 3.63) is 60.2 Å². The van der Waals surface area contributed by atoms with Crippen molar-refractivity contribution in [2.45, 2.75) is 24.8 Å². The summed E-state index contributed by atoms with van der Waals surface area (Å²) in [6, 6.07) is 13.8. The fourth-order valence-corrected chi connectivity index (χ4v) is 3.15. The van der Waals surface area contributed by atoms with Crippen molar-refractivity contribution >= 4 is 27.6 Å². The monoisotopic (exact) mass is 376 g/mol. The van der Waals surface area contributed by atoms with Crippen LogP contribution < -0.4 is 10.0 Å². The lowest BCUT2D eigenvalue weighted by Crippen LogP contribution is -2.35. The van der Waals surface area contributed by atoms with Crippen LogP contribution in [0.4, 0.5) is 5.69 Å². The Balaban J connectivity index is 2.07. The average molecular weight is 376 g/mol. The van der Waals surface area contributed by atoms with Crippen LogP contribution in [0.5, 0.6) is 0 Å². The first-order valence-electron chi connectivity index (χ1n) is 8.00. The van der Waals surface area contributed by atoms with Crippen LogP contribution in [-0.4, -0.2) is 32.9 Å². The van der Waals surface area contributed by atoms with Gasteiger partial charge in [0.05, 0.1) is 10.5 Å². The van der Waals surface area contributed by atoms with E-state index in [0.717, 1.165) is 0 Å². The van der Waals surface area contributed by atoms with Gasteiger partial charge in [0.2, 0.25) is 0 Å². The second kappa shape index (κ2) is 8.48. The van der Waals surface area contributed by atoms with Gasteiger partial charge in [0, 0.05) is 12.2 Å². The van der Waals surface area contributed by atoms with E-state index in [-0.39, 0.29) is 10.5 Å². The predicted octanol–water partition coefficient (Wildman–Crippen LogP) is 2.17. The molecule has 2 rings (SSSR count). The van der Waals surface area contributed by atoms with Gasteiger partial charge < -0.3 is 10.1 Å². The molecule has 0 radical (unpaired) electrons. The summed E-state index contributed by atoms with van der Waals surface area (Å²) in [7, 11) is -3.77. The van der Waals surface area contributed by atoms with Crippen LogP contribution >= 0.6 is 0 Å². The maximum atomic E-state index is 12.3. The Hall–Kier alpha value is -2.87. The molecule has 8 heteroatoms. The average Bonchev–Trinajstić information content (AvgIpc) is 2.62. The second-order valence-corrected chi connectivity index (χ2v) is 7.12. The zero-order valence-electron chi connectivity index (χ0n) is 14.4. The minimum atomic E-state index is -3.77. The van der Waals surface area contributed by atoms with Gasteiger partial charge in [-0.1, -0.05) is 18.2 Å². The molecule has 0 aliphatic heterocycles. The largest absolute Gasteiger partial charge is 0.449 e. The Labute approximate surface area is 152 Å². The summed E-state index contributed by atoms with van der Waals surface area (Å²) in [6.07, 6.45) is -0.939. The van der Waals surface area contributed by atoms with E-state index in [1.165, 1.54) is 31.2 Å². The van der Waals surface area contributed by atoms with Crippen LogP contribution in [0.25, 0.3) is 0 Å². The number of rotatable bonds is 7. The predicted molar refractivity (Wildman–Crippen MR) is 97.3 cm³/mol. The van der Waals surface area contributed by atoms with Crippen LogP contribution in [-0.2, 0) is 19.6 Å². The van der Waals surface area contributed by atoms with E-state index in [1.807, 2.05) is 0 Å². The Bertz CT molecular complexity index is 864. The van der Waals surface area contributed by atoms with Crippen LogP contribution in [0.2, 0.25) is 0 Å². The minimum absolute atomic E-state index is 0.00896. The molecule has 2 aromatic carbocycles. The summed E-state index contributed by atoms with van der Waals surface area (Å²) in [5, 5.41) is 2.55. The number of carbonyl (C=O) groups is 2. The van der Waals surface area contributed by atoms with E-state index in [9.17, 15) is 18.0 Å². The number of anilines is 1. The molecule has 0 unspecified atom stereocenters. The molecule has 0 aliphatic carbocycles. The molecule has 0 spiro atoms. The highest BCUT2D eigenvalue weighted by molar-refractivity contribution is 7.92. The van der Waals surface area contributed by atoms with Crippen molar-refractivity contribution in [3.63, 3.8) is 0 Å². The van der Waals surface area contributed by atoms with Gasteiger partial charge in [0.15, 0.2) is 6.10 Å². The van der Waals surface area contributed by atoms with Gasteiger partial charge in [-0.3, -0.25) is 9.52 Å². The summed E-state index contributed by atoms with van der Waals surface area (Å²) < 4.78 is 32.2. The number of benzene rings is 2. The highest BCUT2D eigenvalue weighted by Crippen LogP contribution is 2.17. The third kappa shape index (κ3) is 5.06. The topological polar surface area (TPSA) is 102 Å². The molecule has 0 saturated carbocycles. The first-order valence-corrected chi connectivity index (χ1v) is 9.48. The number of hydrogen-bond acceptors (Lipinski definition) is 5. The van der Waals surface area contributed by atoms with Gasteiger partial charge in [0.1, 0.15) is 0 Å². The number of esters is 1. The van der Waals surface area contributed by atoms with E-state index in [1.54, 1.807) is 37.3 Å². The van der Waals surface area contributed by atoms with Crippen molar-refractivity contribution in [1.29, 1.82) is 0 Å². The van der Waals surface area contributed by atoms with Gasteiger partial charge in [-0.05, 0) is 50.2 Å². The molecule has 2 aromatic rings. The van der Waals surface area contributed by atoms with Gasteiger partial charge >= 0.3 is 5.97 Å². The molecule has 0 aromatic heterocycles. The maximum Gasteiger partial charge on any atom is 0.338 e. The van der Waals surface area contributed by atoms with Crippen LogP contribution in [0.3, 0.4) is 0 Å². The molecule has 1 amide bonds. The smallest absolute Gasteiger partial charge is 0.338 e. The summed E-state index contributed by atoms with van der Waals surface area (Å²) in [5.74, 6) is -1.10. The number of para-hydroxylation sites is 1. The number of carbonyl (C=O) groups excluding carboxylic acids is 2. The summed E-state index contributed by atoms with van der Waals surface area (Å²) >= 11 is 0. The number of ether oxygens (including phenoxy) is 1. The molecule has 0 heterocycles. The first kappa shape index (κ1) is 19.5. The van der Waals surface area contributed by atoms with Crippen LogP contribution in [0.15, 0.2) is 59.5 Å². The highest BCUT2D eigenvalue weighted by atomic mass is 32.2. The normalized spacial score (nSPS) is 12.1. The SMILES string of the molecule is CCNC(=O)[C@@H](C)OC(=O)c1ccc(S(=O)(=O)Nc2ccccc2)cc1. The molecule has 0 bridgehead atoms. The standard InChI is InChI=1S/C18H20N2O5S/c1-3-19-17(21)13(2)25-18(22)14-9-11-16(12-10-14)26(23,24)20-15-7-5-4-6-8-15/h4-13,20H,3H2,1-2H3,(H,19,21)/t13-/m1/s1. The Morgan fingerprint density at radius 2 is 1.65 bits per heavy atom.